The lowest BCUT2D eigenvalue weighted by Crippen LogP contribution is -2.27. The molecule has 1 aromatic heterocycles. The number of nitrogens with zero attached hydrogens (tertiary/aromatic N) is 3. The van der Waals surface area contributed by atoms with Gasteiger partial charge in [0.2, 0.25) is 5.13 Å². The van der Waals surface area contributed by atoms with E-state index in [0.717, 1.165) is 11.8 Å². The Morgan fingerprint density at radius 3 is 2.68 bits per heavy atom. The molecule has 1 amide bonds. The van der Waals surface area contributed by atoms with Gasteiger partial charge in [-0.3, -0.25) is 10.2 Å². The number of phenolic OH excluding ortho intramolecular Hbond substituents is 1. The molecule has 3 rings (SSSR count). The summed E-state index contributed by atoms with van der Waals surface area (Å²) in [6.45, 7) is 1.78. The Bertz CT molecular complexity index is 929. The van der Waals surface area contributed by atoms with E-state index in [4.69, 9.17) is 10.1 Å². The van der Waals surface area contributed by atoms with E-state index in [2.05, 4.69) is 42.1 Å². The summed E-state index contributed by atoms with van der Waals surface area (Å²) in [5, 5.41) is 27.0. The summed E-state index contributed by atoms with van der Waals surface area (Å²) in [7, 11) is 1.44. The highest BCUT2D eigenvalue weighted by Crippen LogP contribution is 2.44. The number of aryl methyl sites for hydroxylation is 1. The molecule has 0 spiro atoms. The van der Waals surface area contributed by atoms with Crippen LogP contribution in [-0.4, -0.2) is 33.5 Å². The number of ether oxygens (including phenoxy) is 1. The summed E-state index contributed by atoms with van der Waals surface area (Å²) in [5.74, 6) is -0.120. The van der Waals surface area contributed by atoms with Gasteiger partial charge in [-0.1, -0.05) is 11.3 Å². The zero-order valence-electron chi connectivity index (χ0n) is 12.8. The summed E-state index contributed by atoms with van der Waals surface area (Å²) >= 11 is 8.95. The fourth-order valence-electron chi connectivity index (χ4n) is 2.05. The number of nitrogens with one attached hydrogen (secondary N) is 1. The highest BCUT2D eigenvalue weighted by atomic mass is 79.9. The summed E-state index contributed by atoms with van der Waals surface area (Å²) in [5.41, 5.74) is 0.625. The Hall–Kier alpha value is -1.43. The zero-order chi connectivity index (χ0) is 18.3. The highest BCUT2D eigenvalue weighted by Gasteiger charge is 2.36. The Morgan fingerprint density at radius 1 is 1.36 bits per heavy atom. The lowest BCUT2D eigenvalue weighted by Gasteiger charge is -2.10. The van der Waals surface area contributed by atoms with Gasteiger partial charge in [0.15, 0.2) is 16.7 Å². The van der Waals surface area contributed by atoms with E-state index in [1.165, 1.54) is 23.3 Å². The van der Waals surface area contributed by atoms with Crippen molar-refractivity contribution in [2.75, 3.05) is 12.0 Å². The number of halogens is 2. The molecule has 0 aliphatic carbocycles. The van der Waals surface area contributed by atoms with E-state index in [9.17, 15) is 9.90 Å². The van der Waals surface area contributed by atoms with Gasteiger partial charge in [-0.25, -0.2) is 4.90 Å². The lowest BCUT2D eigenvalue weighted by atomic mass is 10.2. The van der Waals surface area contributed by atoms with Gasteiger partial charge < -0.3 is 9.84 Å². The molecule has 0 saturated carbocycles. The van der Waals surface area contributed by atoms with Crippen molar-refractivity contribution < 1.29 is 14.6 Å². The van der Waals surface area contributed by atoms with Crippen LogP contribution in [0.2, 0.25) is 0 Å². The molecular formula is C14H10Br2N4O3S2. The minimum Gasteiger partial charge on any atom is -0.503 e. The summed E-state index contributed by atoms with van der Waals surface area (Å²) < 4.78 is 6.13. The normalized spacial score (nSPS) is 16.2. The van der Waals surface area contributed by atoms with Gasteiger partial charge in [0, 0.05) is 4.47 Å². The third-order valence-corrected chi connectivity index (χ3v) is 7.08. The van der Waals surface area contributed by atoms with Crippen LogP contribution in [0.15, 0.2) is 19.9 Å². The third-order valence-electron chi connectivity index (χ3n) is 3.21. The number of anilines is 1. The van der Waals surface area contributed by atoms with Gasteiger partial charge in [0.05, 0.1) is 16.5 Å². The predicted octanol–water partition coefficient (Wildman–Crippen LogP) is 4.14. The number of rotatable bonds is 3. The first-order chi connectivity index (χ1) is 11.8. The van der Waals surface area contributed by atoms with Crippen LogP contribution in [0.1, 0.15) is 10.6 Å². The van der Waals surface area contributed by atoms with E-state index >= 15 is 0 Å². The number of benzene rings is 1. The van der Waals surface area contributed by atoms with E-state index < -0.39 is 0 Å². The van der Waals surface area contributed by atoms with Crippen LogP contribution >= 0.6 is 55.0 Å². The lowest BCUT2D eigenvalue weighted by molar-refractivity contribution is -0.113. The number of aromatic nitrogens is 2. The molecule has 11 heteroatoms. The fourth-order valence-corrected chi connectivity index (χ4v) is 4.48. The minimum atomic E-state index is -0.346. The molecule has 7 nitrogen and oxygen atoms in total. The standard InChI is InChI=1S/C14H10Br2N4O3S2/c1-5-18-19-14(24-5)20-12(22)8(25-13(20)17)4-6-3-7(23-2)11(21)10(16)9(6)15/h3-4,17,21H,1-2H3/b8-4-,17-13?. The molecule has 2 heterocycles. The van der Waals surface area contributed by atoms with Crippen molar-refractivity contribution in [3.05, 3.63) is 30.5 Å². The predicted molar refractivity (Wildman–Crippen MR) is 105 cm³/mol. The van der Waals surface area contributed by atoms with E-state index in [1.807, 2.05) is 0 Å². The monoisotopic (exact) mass is 504 g/mol. The van der Waals surface area contributed by atoms with E-state index in [-0.39, 0.29) is 22.6 Å². The largest absolute Gasteiger partial charge is 0.503 e. The number of thioether (sulfide) groups is 1. The molecule has 25 heavy (non-hydrogen) atoms. The molecule has 2 aromatic rings. The number of carbonyl (C=O) groups excluding carboxylic acids is 1. The first-order valence-corrected chi connectivity index (χ1v) is 9.93. The second-order valence-corrected chi connectivity index (χ2v) is 8.58. The third kappa shape index (κ3) is 3.33. The number of hydrogen-bond donors (Lipinski definition) is 2. The topological polar surface area (TPSA) is 99.4 Å². The van der Waals surface area contributed by atoms with Crippen molar-refractivity contribution in [3.63, 3.8) is 0 Å². The Kier molecular flexibility index (Phi) is 5.19. The van der Waals surface area contributed by atoms with Crippen LogP contribution < -0.4 is 9.64 Å². The van der Waals surface area contributed by atoms with Crippen molar-refractivity contribution in [1.29, 1.82) is 5.41 Å². The van der Waals surface area contributed by atoms with Crippen molar-refractivity contribution in [1.82, 2.24) is 10.2 Å². The number of methoxy groups -OCH3 is 1. The number of amides is 1. The maximum atomic E-state index is 12.7. The van der Waals surface area contributed by atoms with Crippen molar-refractivity contribution in [3.8, 4) is 11.5 Å². The number of phenols is 1. The van der Waals surface area contributed by atoms with Crippen LogP contribution in [-0.2, 0) is 4.79 Å². The first-order valence-electron chi connectivity index (χ1n) is 6.71. The maximum Gasteiger partial charge on any atom is 0.273 e. The average Bonchev–Trinajstić information content (AvgIpc) is 3.11. The summed E-state index contributed by atoms with van der Waals surface area (Å²) in [6, 6.07) is 1.60. The molecule has 1 aliphatic rings. The summed E-state index contributed by atoms with van der Waals surface area (Å²) in [6.07, 6.45) is 1.63. The molecular weight excluding hydrogens is 496 g/mol. The molecule has 0 radical (unpaired) electrons. The van der Waals surface area contributed by atoms with Gasteiger partial charge in [0.1, 0.15) is 5.01 Å². The quantitative estimate of drug-likeness (QED) is 0.608. The number of amidine groups is 1. The molecule has 1 aliphatic heterocycles. The van der Waals surface area contributed by atoms with Crippen molar-refractivity contribution >= 4 is 77.2 Å². The number of carbonyl (C=O) groups is 1. The van der Waals surface area contributed by atoms with E-state index in [1.54, 1.807) is 19.1 Å². The smallest absolute Gasteiger partial charge is 0.273 e. The molecule has 1 aromatic carbocycles. The van der Waals surface area contributed by atoms with Crippen LogP contribution in [0, 0.1) is 12.3 Å². The van der Waals surface area contributed by atoms with Crippen LogP contribution in [0.5, 0.6) is 11.5 Å². The molecule has 2 N–H and O–H groups in total. The Labute approximate surface area is 167 Å². The molecule has 0 atom stereocenters. The highest BCUT2D eigenvalue weighted by molar-refractivity contribution is 9.13. The average molecular weight is 506 g/mol. The van der Waals surface area contributed by atoms with Crippen molar-refractivity contribution in [2.24, 2.45) is 0 Å². The van der Waals surface area contributed by atoms with Crippen LogP contribution in [0.4, 0.5) is 5.13 Å². The van der Waals surface area contributed by atoms with Gasteiger partial charge >= 0.3 is 0 Å². The van der Waals surface area contributed by atoms with Gasteiger partial charge in [-0.2, -0.15) is 0 Å². The Morgan fingerprint density at radius 2 is 2.08 bits per heavy atom. The Balaban J connectivity index is 2.02. The first kappa shape index (κ1) is 18.4. The maximum absolute atomic E-state index is 12.7. The van der Waals surface area contributed by atoms with Crippen molar-refractivity contribution in [2.45, 2.75) is 6.92 Å². The second kappa shape index (κ2) is 7.06. The molecule has 0 unspecified atom stereocenters. The SMILES string of the molecule is COc1cc(/C=C2\SC(=N)N(c3nnc(C)s3)C2=O)c(Br)c(Br)c1O. The van der Waals surface area contributed by atoms with Gasteiger partial charge in [-0.05, 0) is 68.3 Å². The van der Waals surface area contributed by atoms with Gasteiger partial charge in [0.25, 0.3) is 5.91 Å². The number of aromatic hydroxyl groups is 1. The molecule has 1 saturated heterocycles. The second-order valence-electron chi connectivity index (χ2n) is 4.80. The van der Waals surface area contributed by atoms with Gasteiger partial charge in [-0.15, -0.1) is 10.2 Å². The van der Waals surface area contributed by atoms with E-state index in [0.29, 0.717) is 29.6 Å². The van der Waals surface area contributed by atoms with Crippen LogP contribution in [0.25, 0.3) is 6.08 Å². The van der Waals surface area contributed by atoms with Crippen LogP contribution in [0.3, 0.4) is 0 Å². The molecule has 0 bridgehead atoms. The minimum absolute atomic E-state index is 0.0411. The fraction of sp³-hybridized carbons (Fsp3) is 0.143. The summed E-state index contributed by atoms with van der Waals surface area (Å²) in [4.78, 5) is 14.3. The molecule has 130 valence electrons. The zero-order valence-corrected chi connectivity index (χ0v) is 17.6. The molecule has 1 fully saturated rings. The number of hydrogen-bond acceptors (Lipinski definition) is 8.